The van der Waals surface area contributed by atoms with Crippen molar-refractivity contribution in [2.24, 2.45) is 4.99 Å². The SMILES string of the molecule is CCNC(=NCc1cc(-c2ccccc2)on1)NCCOc1ccccc1.I. The molecule has 1 aromatic heterocycles. The van der Waals surface area contributed by atoms with Crippen LogP contribution in [0.25, 0.3) is 11.3 Å². The van der Waals surface area contributed by atoms with Crippen LogP contribution in [-0.2, 0) is 6.54 Å². The fourth-order valence-corrected chi connectivity index (χ4v) is 2.48. The van der Waals surface area contributed by atoms with Gasteiger partial charge in [0.25, 0.3) is 0 Å². The number of rotatable bonds is 8. The molecule has 0 saturated carbocycles. The van der Waals surface area contributed by atoms with E-state index in [9.17, 15) is 0 Å². The second-order valence-corrected chi connectivity index (χ2v) is 5.83. The van der Waals surface area contributed by atoms with Crippen LogP contribution in [0.1, 0.15) is 12.6 Å². The summed E-state index contributed by atoms with van der Waals surface area (Å²) in [4.78, 5) is 4.55. The van der Waals surface area contributed by atoms with E-state index in [4.69, 9.17) is 9.26 Å². The maximum Gasteiger partial charge on any atom is 0.191 e. The first kappa shape index (κ1) is 21.7. The molecule has 0 atom stereocenters. The molecule has 2 aromatic carbocycles. The number of ether oxygens (including phenoxy) is 1. The van der Waals surface area contributed by atoms with E-state index in [2.05, 4.69) is 20.8 Å². The van der Waals surface area contributed by atoms with Crippen LogP contribution in [0, 0.1) is 0 Å². The highest BCUT2D eigenvalue weighted by atomic mass is 127. The van der Waals surface area contributed by atoms with E-state index in [1.807, 2.05) is 73.7 Å². The van der Waals surface area contributed by atoms with Gasteiger partial charge >= 0.3 is 0 Å². The number of nitrogens with one attached hydrogen (secondary N) is 2. The first-order valence-electron chi connectivity index (χ1n) is 9.06. The molecule has 0 unspecified atom stereocenters. The number of aliphatic imine (C=N–C) groups is 1. The van der Waals surface area contributed by atoms with Crippen molar-refractivity contribution < 1.29 is 9.26 Å². The third-order valence-electron chi connectivity index (χ3n) is 3.77. The Bertz CT molecular complexity index is 838. The predicted octanol–water partition coefficient (Wildman–Crippen LogP) is 4.09. The topological polar surface area (TPSA) is 71.7 Å². The van der Waals surface area contributed by atoms with Gasteiger partial charge in [0, 0.05) is 18.2 Å². The van der Waals surface area contributed by atoms with Crippen molar-refractivity contribution >= 4 is 29.9 Å². The summed E-state index contributed by atoms with van der Waals surface area (Å²) in [5, 5.41) is 10.6. The molecule has 7 heteroatoms. The van der Waals surface area contributed by atoms with Crippen molar-refractivity contribution in [2.75, 3.05) is 19.7 Å². The van der Waals surface area contributed by atoms with Crippen LogP contribution in [0.4, 0.5) is 0 Å². The van der Waals surface area contributed by atoms with Crippen molar-refractivity contribution in [3.63, 3.8) is 0 Å². The standard InChI is InChI=1S/C21H24N4O2.HI/c1-2-22-21(23-13-14-26-19-11-7-4-8-12-19)24-16-18-15-20(27-25-18)17-9-5-3-6-10-17;/h3-12,15H,2,13-14,16H2,1H3,(H2,22,23,24);1H. The fraction of sp³-hybridized carbons (Fsp3) is 0.238. The summed E-state index contributed by atoms with van der Waals surface area (Å²) >= 11 is 0. The van der Waals surface area contributed by atoms with Gasteiger partial charge in [0.2, 0.25) is 0 Å². The highest BCUT2D eigenvalue weighted by Crippen LogP contribution is 2.19. The van der Waals surface area contributed by atoms with Gasteiger partial charge < -0.3 is 19.9 Å². The van der Waals surface area contributed by atoms with Gasteiger partial charge in [-0.15, -0.1) is 24.0 Å². The summed E-state index contributed by atoms with van der Waals surface area (Å²) in [5.41, 5.74) is 1.79. The molecular formula is C21H25IN4O2. The lowest BCUT2D eigenvalue weighted by Gasteiger charge is -2.11. The second kappa shape index (κ2) is 12.0. The lowest BCUT2D eigenvalue weighted by atomic mass is 10.2. The lowest BCUT2D eigenvalue weighted by molar-refractivity contribution is 0.322. The average Bonchev–Trinajstić information content (AvgIpc) is 3.20. The maximum atomic E-state index is 5.68. The van der Waals surface area contributed by atoms with Crippen LogP contribution < -0.4 is 15.4 Å². The number of guanidine groups is 1. The Hall–Kier alpha value is -2.55. The molecule has 0 radical (unpaired) electrons. The number of nitrogens with zero attached hydrogens (tertiary/aromatic N) is 2. The molecule has 148 valence electrons. The molecule has 0 fully saturated rings. The Morgan fingerprint density at radius 2 is 1.75 bits per heavy atom. The van der Waals surface area contributed by atoms with Gasteiger partial charge in [0.05, 0.1) is 13.1 Å². The highest BCUT2D eigenvalue weighted by Gasteiger charge is 2.06. The van der Waals surface area contributed by atoms with Crippen molar-refractivity contribution in [3.05, 3.63) is 72.4 Å². The Morgan fingerprint density at radius 3 is 2.46 bits per heavy atom. The molecule has 2 N–H and O–H groups in total. The average molecular weight is 492 g/mol. The molecule has 6 nitrogen and oxygen atoms in total. The molecule has 0 spiro atoms. The zero-order valence-corrected chi connectivity index (χ0v) is 18.1. The number of para-hydroxylation sites is 1. The largest absolute Gasteiger partial charge is 0.492 e. The Labute approximate surface area is 182 Å². The molecule has 0 aliphatic rings. The minimum Gasteiger partial charge on any atom is -0.492 e. The van der Waals surface area contributed by atoms with Crippen LogP contribution in [0.15, 0.2) is 76.2 Å². The molecule has 3 rings (SSSR count). The molecule has 28 heavy (non-hydrogen) atoms. The van der Waals surface area contributed by atoms with Crippen molar-refractivity contribution in [3.8, 4) is 17.1 Å². The fourth-order valence-electron chi connectivity index (χ4n) is 2.48. The van der Waals surface area contributed by atoms with E-state index >= 15 is 0 Å². The summed E-state index contributed by atoms with van der Waals surface area (Å²) in [5.74, 6) is 2.32. The summed E-state index contributed by atoms with van der Waals surface area (Å²) < 4.78 is 11.1. The third-order valence-corrected chi connectivity index (χ3v) is 3.77. The minimum atomic E-state index is 0. The third kappa shape index (κ3) is 6.88. The van der Waals surface area contributed by atoms with Gasteiger partial charge in [0.1, 0.15) is 18.1 Å². The molecular weight excluding hydrogens is 467 g/mol. The Morgan fingerprint density at radius 1 is 1.04 bits per heavy atom. The number of hydrogen-bond donors (Lipinski definition) is 2. The van der Waals surface area contributed by atoms with Crippen molar-refractivity contribution in [1.82, 2.24) is 15.8 Å². The molecule has 3 aromatic rings. The first-order chi connectivity index (χ1) is 13.3. The Kier molecular flexibility index (Phi) is 9.33. The number of halogens is 1. The van der Waals surface area contributed by atoms with E-state index in [-0.39, 0.29) is 24.0 Å². The van der Waals surface area contributed by atoms with E-state index < -0.39 is 0 Å². The van der Waals surface area contributed by atoms with E-state index in [0.29, 0.717) is 19.7 Å². The summed E-state index contributed by atoms with van der Waals surface area (Å²) in [6.45, 7) is 4.44. The number of aromatic nitrogens is 1. The van der Waals surface area contributed by atoms with Gasteiger partial charge in [0.15, 0.2) is 11.7 Å². The summed E-state index contributed by atoms with van der Waals surface area (Å²) in [7, 11) is 0. The van der Waals surface area contributed by atoms with Crippen LogP contribution in [0.3, 0.4) is 0 Å². The number of hydrogen-bond acceptors (Lipinski definition) is 4. The highest BCUT2D eigenvalue weighted by molar-refractivity contribution is 14.0. The Balaban J connectivity index is 0.00000280. The zero-order valence-electron chi connectivity index (χ0n) is 15.8. The van der Waals surface area contributed by atoms with Crippen LogP contribution >= 0.6 is 24.0 Å². The molecule has 0 amide bonds. The zero-order chi connectivity index (χ0) is 18.7. The molecule has 0 aliphatic carbocycles. The predicted molar refractivity (Wildman–Crippen MR) is 122 cm³/mol. The van der Waals surface area contributed by atoms with Crippen LogP contribution in [-0.4, -0.2) is 30.8 Å². The van der Waals surface area contributed by atoms with E-state index in [0.717, 1.165) is 35.3 Å². The summed E-state index contributed by atoms with van der Waals surface area (Å²) in [6.07, 6.45) is 0. The smallest absolute Gasteiger partial charge is 0.191 e. The van der Waals surface area contributed by atoms with Gasteiger partial charge in [-0.1, -0.05) is 53.7 Å². The first-order valence-corrected chi connectivity index (χ1v) is 9.06. The maximum absolute atomic E-state index is 5.68. The lowest BCUT2D eigenvalue weighted by Crippen LogP contribution is -2.39. The van der Waals surface area contributed by atoms with Crippen LogP contribution in [0.5, 0.6) is 5.75 Å². The van der Waals surface area contributed by atoms with Crippen molar-refractivity contribution in [2.45, 2.75) is 13.5 Å². The summed E-state index contributed by atoms with van der Waals surface area (Å²) in [6, 6.07) is 21.6. The molecule has 0 saturated heterocycles. The van der Waals surface area contributed by atoms with Gasteiger partial charge in [-0.05, 0) is 19.1 Å². The van der Waals surface area contributed by atoms with Gasteiger partial charge in [-0.2, -0.15) is 0 Å². The molecule has 1 heterocycles. The van der Waals surface area contributed by atoms with E-state index in [1.54, 1.807) is 0 Å². The quantitative estimate of drug-likeness (QED) is 0.215. The monoisotopic (exact) mass is 492 g/mol. The van der Waals surface area contributed by atoms with Crippen LogP contribution in [0.2, 0.25) is 0 Å². The second-order valence-electron chi connectivity index (χ2n) is 5.83. The normalized spacial score (nSPS) is 10.8. The minimum absolute atomic E-state index is 0. The van der Waals surface area contributed by atoms with E-state index in [1.165, 1.54) is 0 Å². The molecule has 0 aliphatic heterocycles. The van der Waals surface area contributed by atoms with Gasteiger partial charge in [-0.3, -0.25) is 0 Å². The van der Waals surface area contributed by atoms with Gasteiger partial charge in [-0.25, -0.2) is 4.99 Å². The molecule has 0 bridgehead atoms. The number of benzene rings is 2. The van der Waals surface area contributed by atoms with Crippen molar-refractivity contribution in [1.29, 1.82) is 0 Å².